The van der Waals surface area contributed by atoms with Crippen LogP contribution >= 0.6 is 0 Å². The molecule has 1 N–H and O–H groups in total. The molecule has 0 aromatic rings. The number of esters is 2. The van der Waals surface area contributed by atoms with Crippen molar-refractivity contribution in [2.75, 3.05) is 13.2 Å². The molecule has 0 aromatic heterocycles. The fourth-order valence-corrected chi connectivity index (χ4v) is 9.73. The van der Waals surface area contributed by atoms with Crippen LogP contribution in [0.15, 0.2) is 85.1 Å². The molecule has 0 aromatic carbocycles. The summed E-state index contributed by atoms with van der Waals surface area (Å²) in [4.78, 5) is 24.6. The topological polar surface area (TPSA) is 72.8 Å². The van der Waals surface area contributed by atoms with Gasteiger partial charge in [-0.2, -0.15) is 0 Å². The maximum atomic E-state index is 12.4. The molecule has 440 valence electrons. The number of allylic oxidation sites excluding steroid dienone is 14. The lowest BCUT2D eigenvalue weighted by Crippen LogP contribution is -2.28. The molecule has 0 saturated carbocycles. The average Bonchev–Trinajstić information content (AvgIpc) is 3.42. The largest absolute Gasteiger partial charge is 0.462 e. The minimum atomic E-state index is -0.775. The van der Waals surface area contributed by atoms with E-state index < -0.39 is 6.10 Å². The third-order valence-corrected chi connectivity index (χ3v) is 14.7. The zero-order valence-electron chi connectivity index (χ0n) is 50.5. The Morgan fingerprint density at radius 3 is 0.855 bits per heavy atom. The number of unbranched alkanes of at least 4 members (excludes halogenated alkanes) is 39. The van der Waals surface area contributed by atoms with Gasteiger partial charge in [0, 0.05) is 12.8 Å². The maximum absolute atomic E-state index is 12.4. The molecule has 1 unspecified atom stereocenters. The summed E-state index contributed by atoms with van der Waals surface area (Å²) in [6.07, 6.45) is 93.1. The molecule has 0 aliphatic rings. The Kier molecular flexibility index (Phi) is 63.8. The summed E-state index contributed by atoms with van der Waals surface area (Å²) in [5.41, 5.74) is 0. The summed E-state index contributed by atoms with van der Waals surface area (Å²) in [6, 6.07) is 0. The van der Waals surface area contributed by atoms with E-state index >= 15 is 0 Å². The molecule has 0 heterocycles. The normalized spacial score (nSPS) is 12.7. The molecule has 0 radical (unpaired) electrons. The van der Waals surface area contributed by atoms with E-state index in [-0.39, 0.29) is 25.2 Å². The van der Waals surface area contributed by atoms with Gasteiger partial charge in [-0.15, -0.1) is 0 Å². The molecule has 0 aliphatic heterocycles. The highest BCUT2D eigenvalue weighted by atomic mass is 16.6. The third kappa shape index (κ3) is 63.6. The van der Waals surface area contributed by atoms with Gasteiger partial charge in [0.2, 0.25) is 0 Å². The Balaban J connectivity index is 3.44. The second-order valence-corrected chi connectivity index (χ2v) is 22.2. The van der Waals surface area contributed by atoms with Crippen LogP contribution in [0.3, 0.4) is 0 Å². The van der Waals surface area contributed by atoms with Gasteiger partial charge in [0.1, 0.15) is 6.61 Å². The Bertz CT molecular complexity index is 1380. The van der Waals surface area contributed by atoms with Crippen molar-refractivity contribution in [3.8, 4) is 0 Å². The van der Waals surface area contributed by atoms with Crippen molar-refractivity contribution in [1.82, 2.24) is 0 Å². The van der Waals surface area contributed by atoms with Crippen molar-refractivity contribution in [3.63, 3.8) is 0 Å². The van der Waals surface area contributed by atoms with E-state index in [1.54, 1.807) is 0 Å². The lowest BCUT2D eigenvalue weighted by atomic mass is 10.0. The SMILES string of the molecule is CC/C=C\C/C=C\C/C=C\C/C=C\CCCCCCCCCCCCCCCCCCCCCCC(=O)OC(CO)COC(=O)CCCCCCCCCCCCCCCC/C=C\C/C=C\C/C=C\CCCCCCC. The van der Waals surface area contributed by atoms with Gasteiger partial charge in [0.15, 0.2) is 6.10 Å². The van der Waals surface area contributed by atoms with Crippen LogP contribution in [0, 0.1) is 0 Å². The summed E-state index contributed by atoms with van der Waals surface area (Å²) in [5, 5.41) is 9.69. The smallest absolute Gasteiger partial charge is 0.306 e. The summed E-state index contributed by atoms with van der Waals surface area (Å²) >= 11 is 0. The first kappa shape index (κ1) is 73.1. The fourth-order valence-electron chi connectivity index (χ4n) is 9.73. The summed E-state index contributed by atoms with van der Waals surface area (Å²) in [7, 11) is 0. The van der Waals surface area contributed by atoms with Gasteiger partial charge in [-0.05, 0) is 89.9 Å². The van der Waals surface area contributed by atoms with Gasteiger partial charge in [-0.3, -0.25) is 9.59 Å². The van der Waals surface area contributed by atoms with Crippen molar-refractivity contribution in [1.29, 1.82) is 0 Å². The van der Waals surface area contributed by atoms with Crippen LogP contribution < -0.4 is 0 Å². The monoisotopic (exact) mass is 1060 g/mol. The zero-order valence-corrected chi connectivity index (χ0v) is 50.5. The number of hydrogen-bond donors (Lipinski definition) is 1. The molecule has 0 spiro atoms. The van der Waals surface area contributed by atoms with Gasteiger partial charge in [-0.25, -0.2) is 0 Å². The van der Waals surface area contributed by atoms with Crippen molar-refractivity contribution in [2.45, 2.75) is 341 Å². The molecule has 5 nitrogen and oxygen atoms in total. The number of aliphatic hydroxyl groups is 1. The van der Waals surface area contributed by atoms with E-state index in [2.05, 4.69) is 98.9 Å². The Labute approximate surface area is 473 Å². The molecular formula is C71H126O5. The lowest BCUT2D eigenvalue weighted by molar-refractivity contribution is -0.161. The van der Waals surface area contributed by atoms with E-state index in [0.29, 0.717) is 12.8 Å². The third-order valence-electron chi connectivity index (χ3n) is 14.7. The standard InChI is InChI=1S/C71H126O5/c1-3-5-7-9-11-13-15-17-19-21-23-25-27-29-31-33-34-35-36-38-40-42-44-46-48-50-52-54-56-58-60-62-64-66-71(74)76-69(67-72)68-75-70(73)65-63-61-59-57-55-53-51-49-47-45-43-41-39-37-32-30-28-26-24-22-20-18-16-14-12-10-8-6-4-2/h5,7,11,13,16-19,22-25,28,30,69,72H,3-4,6,8-10,12,14-15,20-21,26-27,29,31-68H2,1-2H3/b7-5-,13-11-,18-16-,19-17-,24-22-,25-23-,30-28-. The molecule has 0 amide bonds. The maximum Gasteiger partial charge on any atom is 0.306 e. The minimum absolute atomic E-state index is 0.0649. The first-order valence-corrected chi connectivity index (χ1v) is 33.1. The number of rotatable bonds is 61. The summed E-state index contributed by atoms with van der Waals surface area (Å²) in [6.45, 7) is 4.05. The average molecular weight is 1060 g/mol. The highest BCUT2D eigenvalue weighted by Crippen LogP contribution is 2.18. The van der Waals surface area contributed by atoms with Crippen LogP contribution in [0.25, 0.3) is 0 Å². The van der Waals surface area contributed by atoms with Gasteiger partial charge in [0.25, 0.3) is 0 Å². The van der Waals surface area contributed by atoms with Gasteiger partial charge < -0.3 is 14.6 Å². The highest BCUT2D eigenvalue weighted by Gasteiger charge is 2.16. The van der Waals surface area contributed by atoms with Crippen molar-refractivity contribution >= 4 is 11.9 Å². The number of carbonyl (C=O) groups excluding carboxylic acids is 2. The van der Waals surface area contributed by atoms with Gasteiger partial charge in [-0.1, -0.05) is 317 Å². The van der Waals surface area contributed by atoms with Crippen LogP contribution in [-0.4, -0.2) is 36.4 Å². The Morgan fingerprint density at radius 1 is 0.316 bits per heavy atom. The molecule has 0 bridgehead atoms. The highest BCUT2D eigenvalue weighted by molar-refractivity contribution is 5.70. The number of carbonyl (C=O) groups is 2. The van der Waals surface area contributed by atoms with Crippen LogP contribution in [0.1, 0.15) is 335 Å². The van der Waals surface area contributed by atoms with Crippen LogP contribution in [0.5, 0.6) is 0 Å². The molecule has 5 heteroatoms. The Hall–Kier alpha value is -2.92. The minimum Gasteiger partial charge on any atom is -0.462 e. The zero-order chi connectivity index (χ0) is 54.8. The first-order chi connectivity index (χ1) is 37.6. The van der Waals surface area contributed by atoms with E-state index in [0.717, 1.165) is 77.0 Å². The summed E-state index contributed by atoms with van der Waals surface area (Å²) in [5.74, 6) is -0.577. The lowest BCUT2D eigenvalue weighted by Gasteiger charge is -2.15. The molecule has 0 aliphatic carbocycles. The van der Waals surface area contributed by atoms with Gasteiger partial charge >= 0.3 is 11.9 Å². The van der Waals surface area contributed by atoms with Crippen molar-refractivity contribution < 1.29 is 24.2 Å². The number of hydrogen-bond acceptors (Lipinski definition) is 5. The van der Waals surface area contributed by atoms with E-state index in [1.165, 1.54) is 231 Å². The molecule has 76 heavy (non-hydrogen) atoms. The van der Waals surface area contributed by atoms with E-state index in [4.69, 9.17) is 9.47 Å². The van der Waals surface area contributed by atoms with E-state index in [1.807, 2.05) is 0 Å². The Morgan fingerprint density at radius 2 is 0.566 bits per heavy atom. The quantitative estimate of drug-likeness (QED) is 0.0373. The van der Waals surface area contributed by atoms with Crippen LogP contribution in [-0.2, 0) is 19.1 Å². The summed E-state index contributed by atoms with van der Waals surface area (Å²) < 4.78 is 10.8. The molecule has 0 saturated heterocycles. The van der Waals surface area contributed by atoms with Gasteiger partial charge in [0.05, 0.1) is 6.61 Å². The molecule has 1 atom stereocenters. The van der Waals surface area contributed by atoms with Crippen LogP contribution in [0.4, 0.5) is 0 Å². The number of aliphatic hydroxyl groups excluding tert-OH is 1. The number of ether oxygens (including phenoxy) is 2. The predicted molar refractivity (Wildman–Crippen MR) is 334 cm³/mol. The second-order valence-electron chi connectivity index (χ2n) is 22.2. The molecule has 0 fully saturated rings. The fraction of sp³-hybridized carbons (Fsp3) is 0.775. The first-order valence-electron chi connectivity index (χ1n) is 33.1. The van der Waals surface area contributed by atoms with Crippen LogP contribution in [0.2, 0.25) is 0 Å². The molecule has 0 rings (SSSR count). The predicted octanol–water partition coefficient (Wildman–Crippen LogP) is 22.9. The second kappa shape index (κ2) is 66.4. The van der Waals surface area contributed by atoms with Crippen molar-refractivity contribution in [3.05, 3.63) is 85.1 Å². The van der Waals surface area contributed by atoms with Crippen molar-refractivity contribution in [2.24, 2.45) is 0 Å². The van der Waals surface area contributed by atoms with E-state index in [9.17, 15) is 14.7 Å². The molecular weight excluding hydrogens is 933 g/mol.